The zero-order chi connectivity index (χ0) is 18.4. The van der Waals surface area contributed by atoms with Crippen molar-refractivity contribution in [1.29, 1.82) is 0 Å². The number of carbonyl (C=O) groups is 1. The van der Waals surface area contributed by atoms with E-state index in [1.807, 2.05) is 31.2 Å². The predicted molar refractivity (Wildman–Crippen MR) is 90.8 cm³/mol. The van der Waals surface area contributed by atoms with E-state index >= 15 is 0 Å². The Bertz CT molecular complexity index is 729. The molecule has 0 radical (unpaired) electrons. The quantitative estimate of drug-likeness (QED) is 0.860. The molecule has 0 heterocycles. The van der Waals surface area contributed by atoms with Gasteiger partial charge in [-0.25, -0.2) is 0 Å². The van der Waals surface area contributed by atoms with Crippen molar-refractivity contribution < 1.29 is 18.0 Å². The van der Waals surface area contributed by atoms with E-state index in [1.54, 1.807) is 18.0 Å². The van der Waals surface area contributed by atoms with E-state index in [0.29, 0.717) is 12.1 Å². The molecule has 0 aliphatic carbocycles. The summed E-state index contributed by atoms with van der Waals surface area (Å²) < 4.78 is 38.2. The van der Waals surface area contributed by atoms with Crippen LogP contribution in [0.1, 0.15) is 22.3 Å². The number of nitrogens with one attached hydrogen (secondary N) is 1. The highest BCUT2D eigenvalue weighted by Gasteiger charge is 2.30. The first-order valence-corrected chi connectivity index (χ1v) is 7.91. The zero-order valence-electron chi connectivity index (χ0n) is 14.2. The number of likely N-dealkylation sites (N-methyl/N-ethyl adjacent to an activating group) is 1. The Balaban J connectivity index is 1.86. The summed E-state index contributed by atoms with van der Waals surface area (Å²) in [5.74, 6) is -0.169. The van der Waals surface area contributed by atoms with E-state index < -0.39 is 11.7 Å². The maximum atomic E-state index is 12.7. The van der Waals surface area contributed by atoms with E-state index in [0.717, 1.165) is 23.3 Å². The molecular formula is C19H21F3N2O. The average molecular weight is 350 g/mol. The summed E-state index contributed by atoms with van der Waals surface area (Å²) in [4.78, 5) is 13.7. The molecule has 2 rings (SSSR count). The van der Waals surface area contributed by atoms with Gasteiger partial charge in [0.1, 0.15) is 0 Å². The van der Waals surface area contributed by atoms with Crippen LogP contribution in [0.4, 0.5) is 13.2 Å². The molecule has 0 aliphatic rings. The van der Waals surface area contributed by atoms with Crippen LogP contribution in [0.3, 0.4) is 0 Å². The molecule has 0 fully saturated rings. The van der Waals surface area contributed by atoms with Crippen molar-refractivity contribution in [2.45, 2.75) is 26.2 Å². The van der Waals surface area contributed by atoms with Crippen molar-refractivity contribution in [3.63, 3.8) is 0 Å². The number of hydrogen-bond donors (Lipinski definition) is 1. The number of benzene rings is 2. The highest BCUT2D eigenvalue weighted by molar-refractivity contribution is 5.78. The Morgan fingerprint density at radius 3 is 2.52 bits per heavy atom. The van der Waals surface area contributed by atoms with Crippen molar-refractivity contribution in [2.24, 2.45) is 0 Å². The lowest BCUT2D eigenvalue weighted by molar-refractivity contribution is -0.137. The molecule has 2 aromatic rings. The Morgan fingerprint density at radius 1 is 1.12 bits per heavy atom. The van der Waals surface area contributed by atoms with Crippen LogP contribution in [-0.2, 0) is 24.1 Å². The summed E-state index contributed by atoms with van der Waals surface area (Å²) in [7, 11) is 1.70. The monoisotopic (exact) mass is 350 g/mol. The van der Waals surface area contributed by atoms with E-state index in [4.69, 9.17) is 0 Å². The number of carbonyl (C=O) groups excluding carboxylic acids is 1. The van der Waals surface area contributed by atoms with Crippen molar-refractivity contribution in [1.82, 2.24) is 10.2 Å². The molecule has 0 aromatic heterocycles. The van der Waals surface area contributed by atoms with Gasteiger partial charge in [0.2, 0.25) is 5.91 Å². The van der Waals surface area contributed by atoms with Gasteiger partial charge in [0.05, 0.1) is 12.1 Å². The molecule has 0 aliphatic heterocycles. The lowest BCUT2D eigenvalue weighted by Gasteiger charge is -2.17. The van der Waals surface area contributed by atoms with Gasteiger partial charge in [0, 0.05) is 13.1 Å². The van der Waals surface area contributed by atoms with Crippen LogP contribution in [-0.4, -0.2) is 24.4 Å². The summed E-state index contributed by atoms with van der Waals surface area (Å²) in [5, 5.41) is 2.83. The third-order valence-electron chi connectivity index (χ3n) is 3.86. The molecular weight excluding hydrogens is 329 g/mol. The maximum absolute atomic E-state index is 12.7. The molecule has 0 saturated heterocycles. The second kappa shape index (κ2) is 8.16. The van der Waals surface area contributed by atoms with Gasteiger partial charge in [-0.05, 0) is 36.7 Å². The first kappa shape index (κ1) is 19.0. The minimum Gasteiger partial charge on any atom is -0.351 e. The molecule has 0 saturated carbocycles. The fourth-order valence-electron chi connectivity index (χ4n) is 2.52. The number of halogens is 3. The van der Waals surface area contributed by atoms with Gasteiger partial charge in [-0.1, -0.05) is 42.5 Å². The summed E-state index contributed by atoms with van der Waals surface area (Å²) in [6.45, 7) is 2.79. The van der Waals surface area contributed by atoms with Crippen molar-refractivity contribution in [2.75, 3.05) is 13.6 Å². The summed E-state index contributed by atoms with van der Waals surface area (Å²) in [5.41, 5.74) is 1.97. The van der Waals surface area contributed by atoms with Gasteiger partial charge in [-0.3, -0.25) is 9.69 Å². The molecule has 134 valence electrons. The number of hydrogen-bond acceptors (Lipinski definition) is 2. The number of aryl methyl sites for hydroxylation is 1. The topological polar surface area (TPSA) is 32.3 Å². The Hall–Kier alpha value is -2.34. The van der Waals surface area contributed by atoms with Gasteiger partial charge in [0.15, 0.2) is 0 Å². The minimum atomic E-state index is -4.36. The molecule has 3 nitrogen and oxygen atoms in total. The highest BCUT2D eigenvalue weighted by atomic mass is 19.4. The van der Waals surface area contributed by atoms with E-state index in [-0.39, 0.29) is 19.0 Å². The summed E-state index contributed by atoms with van der Waals surface area (Å²) >= 11 is 0. The molecule has 1 N–H and O–H groups in total. The van der Waals surface area contributed by atoms with Gasteiger partial charge in [-0.2, -0.15) is 13.2 Å². The fraction of sp³-hybridized carbons (Fsp3) is 0.316. The van der Waals surface area contributed by atoms with Crippen molar-refractivity contribution in [3.05, 3.63) is 70.8 Å². The van der Waals surface area contributed by atoms with Crippen LogP contribution < -0.4 is 5.32 Å². The van der Waals surface area contributed by atoms with Crippen LogP contribution in [0.2, 0.25) is 0 Å². The van der Waals surface area contributed by atoms with E-state index in [9.17, 15) is 18.0 Å². The van der Waals surface area contributed by atoms with Crippen LogP contribution in [0.5, 0.6) is 0 Å². The van der Waals surface area contributed by atoms with Crippen LogP contribution in [0.25, 0.3) is 0 Å². The largest absolute Gasteiger partial charge is 0.416 e. The predicted octanol–water partition coefficient (Wildman–Crippen LogP) is 3.76. The maximum Gasteiger partial charge on any atom is 0.416 e. The Morgan fingerprint density at radius 2 is 1.84 bits per heavy atom. The molecule has 0 unspecified atom stereocenters. The molecule has 2 aromatic carbocycles. The normalized spacial score (nSPS) is 11.6. The Kier molecular flexibility index (Phi) is 6.20. The number of alkyl halides is 3. The number of rotatable bonds is 6. The number of nitrogens with zero attached hydrogens (tertiary/aromatic N) is 1. The van der Waals surface area contributed by atoms with Crippen LogP contribution in [0, 0.1) is 6.92 Å². The Labute approximate surface area is 145 Å². The molecule has 25 heavy (non-hydrogen) atoms. The van der Waals surface area contributed by atoms with E-state index in [1.165, 1.54) is 6.07 Å². The summed E-state index contributed by atoms with van der Waals surface area (Å²) in [6, 6.07) is 12.9. The third-order valence-corrected chi connectivity index (χ3v) is 3.86. The molecule has 1 amide bonds. The van der Waals surface area contributed by atoms with Gasteiger partial charge in [-0.15, -0.1) is 0 Å². The lowest BCUT2D eigenvalue weighted by atomic mass is 10.1. The third kappa shape index (κ3) is 5.90. The van der Waals surface area contributed by atoms with Crippen molar-refractivity contribution in [3.8, 4) is 0 Å². The first-order valence-electron chi connectivity index (χ1n) is 7.91. The average Bonchev–Trinajstić information content (AvgIpc) is 2.53. The summed E-state index contributed by atoms with van der Waals surface area (Å²) in [6.07, 6.45) is -4.36. The van der Waals surface area contributed by atoms with E-state index in [2.05, 4.69) is 5.32 Å². The second-order valence-corrected chi connectivity index (χ2v) is 6.07. The smallest absolute Gasteiger partial charge is 0.351 e. The van der Waals surface area contributed by atoms with Gasteiger partial charge >= 0.3 is 6.18 Å². The SMILES string of the molecule is Cc1ccccc1CNC(=O)CN(C)Cc1cccc(C(F)(F)F)c1. The minimum absolute atomic E-state index is 0.113. The molecule has 6 heteroatoms. The van der Waals surface area contributed by atoms with Gasteiger partial charge < -0.3 is 5.32 Å². The van der Waals surface area contributed by atoms with Crippen molar-refractivity contribution >= 4 is 5.91 Å². The first-order chi connectivity index (χ1) is 11.8. The lowest BCUT2D eigenvalue weighted by Crippen LogP contribution is -2.34. The molecule has 0 bridgehead atoms. The second-order valence-electron chi connectivity index (χ2n) is 6.07. The molecule has 0 spiro atoms. The molecule has 0 atom stereocenters. The number of amides is 1. The van der Waals surface area contributed by atoms with Gasteiger partial charge in [0.25, 0.3) is 0 Å². The fourth-order valence-corrected chi connectivity index (χ4v) is 2.52. The standard InChI is InChI=1S/C19H21F3N2O/c1-14-6-3-4-8-16(14)11-23-18(25)13-24(2)12-15-7-5-9-17(10-15)19(20,21)22/h3-10H,11-13H2,1-2H3,(H,23,25). The van der Waals surface area contributed by atoms with Crippen LogP contribution >= 0.6 is 0 Å². The zero-order valence-corrected chi connectivity index (χ0v) is 14.2. The van der Waals surface area contributed by atoms with Crippen LogP contribution in [0.15, 0.2) is 48.5 Å². The highest BCUT2D eigenvalue weighted by Crippen LogP contribution is 2.29.